The van der Waals surface area contributed by atoms with Gasteiger partial charge in [0, 0.05) is 17.3 Å². The van der Waals surface area contributed by atoms with E-state index in [2.05, 4.69) is 35.5 Å². The second kappa shape index (κ2) is 9.93. The van der Waals surface area contributed by atoms with Crippen LogP contribution in [0.1, 0.15) is 35.7 Å². The number of nitrogens with zero attached hydrogens (tertiary/aromatic N) is 1. The number of aromatic nitrogens is 1. The average Bonchev–Trinajstić information content (AvgIpc) is 3.27. The highest BCUT2D eigenvalue weighted by molar-refractivity contribution is 7.80. The summed E-state index contributed by atoms with van der Waals surface area (Å²) >= 11 is 5.34. The Labute approximate surface area is 203 Å². The van der Waals surface area contributed by atoms with Gasteiger partial charge in [-0.05, 0) is 66.2 Å². The van der Waals surface area contributed by atoms with Crippen molar-refractivity contribution in [1.29, 1.82) is 0 Å². The van der Waals surface area contributed by atoms with Crippen LogP contribution in [0, 0.1) is 0 Å². The second-order valence-corrected chi connectivity index (χ2v) is 8.36. The van der Waals surface area contributed by atoms with Gasteiger partial charge in [-0.1, -0.05) is 26.0 Å². The third kappa shape index (κ3) is 5.02. The minimum Gasteiger partial charge on any atom is -0.497 e. The van der Waals surface area contributed by atoms with Crippen molar-refractivity contribution in [2.45, 2.75) is 19.8 Å². The van der Waals surface area contributed by atoms with Gasteiger partial charge >= 0.3 is 0 Å². The zero-order chi connectivity index (χ0) is 24.2. The number of hydrogen-bond acceptors (Lipinski definition) is 6. The van der Waals surface area contributed by atoms with Gasteiger partial charge in [0.2, 0.25) is 5.89 Å². The van der Waals surface area contributed by atoms with E-state index in [1.807, 2.05) is 36.4 Å². The lowest BCUT2D eigenvalue weighted by Gasteiger charge is -2.13. The first-order valence-corrected chi connectivity index (χ1v) is 11.1. The molecule has 3 aromatic carbocycles. The molecule has 0 aliphatic rings. The molecule has 7 nitrogen and oxygen atoms in total. The SMILES string of the molecule is COc1ccc(C(=O)NC(=S)Nc2cccc(-c3nc4cc(C(C)C)ccc4o3)c2)c(OC)c1. The van der Waals surface area contributed by atoms with Crippen molar-refractivity contribution in [2.75, 3.05) is 19.5 Å². The third-order valence-corrected chi connectivity index (χ3v) is 5.53. The Morgan fingerprint density at radius 3 is 2.59 bits per heavy atom. The minimum absolute atomic E-state index is 0.152. The van der Waals surface area contributed by atoms with Crippen molar-refractivity contribution < 1.29 is 18.7 Å². The Balaban J connectivity index is 1.49. The lowest BCUT2D eigenvalue weighted by molar-refractivity contribution is 0.0974. The van der Waals surface area contributed by atoms with Gasteiger partial charge < -0.3 is 19.2 Å². The number of amides is 1. The summed E-state index contributed by atoms with van der Waals surface area (Å²) in [6, 6.07) is 18.5. The van der Waals surface area contributed by atoms with Crippen LogP contribution in [0.15, 0.2) is 65.1 Å². The van der Waals surface area contributed by atoms with E-state index >= 15 is 0 Å². The normalized spacial score (nSPS) is 10.9. The van der Waals surface area contributed by atoms with Crippen molar-refractivity contribution in [1.82, 2.24) is 10.3 Å². The number of anilines is 1. The summed E-state index contributed by atoms with van der Waals surface area (Å²) in [5.41, 5.74) is 4.57. The van der Waals surface area contributed by atoms with Crippen LogP contribution in [-0.4, -0.2) is 30.2 Å². The van der Waals surface area contributed by atoms with Crippen LogP contribution in [0.3, 0.4) is 0 Å². The largest absolute Gasteiger partial charge is 0.497 e. The zero-order valence-corrected chi connectivity index (χ0v) is 20.2. The molecule has 0 saturated heterocycles. The van der Waals surface area contributed by atoms with E-state index in [1.165, 1.54) is 12.7 Å². The van der Waals surface area contributed by atoms with E-state index in [0.29, 0.717) is 34.6 Å². The highest BCUT2D eigenvalue weighted by atomic mass is 32.1. The van der Waals surface area contributed by atoms with Crippen molar-refractivity contribution in [3.63, 3.8) is 0 Å². The van der Waals surface area contributed by atoms with Crippen molar-refractivity contribution in [3.8, 4) is 23.0 Å². The number of fused-ring (bicyclic) bond motifs is 1. The van der Waals surface area contributed by atoms with Gasteiger partial charge in [0.05, 0.1) is 19.8 Å². The summed E-state index contributed by atoms with van der Waals surface area (Å²) in [5.74, 6) is 1.50. The summed E-state index contributed by atoms with van der Waals surface area (Å²) in [6.07, 6.45) is 0. The molecule has 1 heterocycles. The van der Waals surface area contributed by atoms with Gasteiger partial charge in [-0.25, -0.2) is 4.98 Å². The number of methoxy groups -OCH3 is 2. The topological polar surface area (TPSA) is 85.6 Å². The molecule has 0 spiro atoms. The molecule has 0 saturated carbocycles. The molecule has 0 atom stereocenters. The molecule has 4 rings (SSSR count). The van der Waals surface area contributed by atoms with Gasteiger partial charge in [0.1, 0.15) is 17.0 Å². The Morgan fingerprint density at radius 2 is 1.85 bits per heavy atom. The highest BCUT2D eigenvalue weighted by Crippen LogP contribution is 2.28. The molecule has 0 radical (unpaired) electrons. The quantitative estimate of drug-likeness (QED) is 0.343. The molecule has 174 valence electrons. The van der Waals surface area contributed by atoms with Crippen LogP contribution in [-0.2, 0) is 0 Å². The number of rotatable bonds is 6. The summed E-state index contributed by atoms with van der Waals surface area (Å²) in [7, 11) is 3.04. The van der Waals surface area contributed by atoms with Gasteiger partial charge in [0.15, 0.2) is 10.7 Å². The first-order chi connectivity index (χ1) is 16.4. The van der Waals surface area contributed by atoms with Crippen LogP contribution in [0.2, 0.25) is 0 Å². The van der Waals surface area contributed by atoms with E-state index in [-0.39, 0.29) is 5.11 Å². The van der Waals surface area contributed by atoms with E-state index in [0.717, 1.165) is 16.7 Å². The van der Waals surface area contributed by atoms with E-state index in [4.69, 9.17) is 26.1 Å². The summed E-state index contributed by atoms with van der Waals surface area (Å²) in [5, 5.41) is 5.86. The lowest BCUT2D eigenvalue weighted by atomic mass is 10.0. The van der Waals surface area contributed by atoms with Gasteiger partial charge in [-0.3, -0.25) is 10.1 Å². The maximum Gasteiger partial charge on any atom is 0.261 e. The van der Waals surface area contributed by atoms with Crippen molar-refractivity contribution >= 4 is 40.0 Å². The monoisotopic (exact) mass is 475 g/mol. The van der Waals surface area contributed by atoms with Gasteiger partial charge in [-0.15, -0.1) is 0 Å². The van der Waals surface area contributed by atoms with Crippen LogP contribution in [0.25, 0.3) is 22.6 Å². The molecule has 0 fully saturated rings. The number of nitrogens with one attached hydrogen (secondary N) is 2. The number of carbonyl (C=O) groups excluding carboxylic acids is 1. The molecule has 2 N–H and O–H groups in total. The van der Waals surface area contributed by atoms with E-state index in [1.54, 1.807) is 25.3 Å². The molecule has 0 unspecified atom stereocenters. The highest BCUT2D eigenvalue weighted by Gasteiger charge is 2.15. The number of hydrogen-bond donors (Lipinski definition) is 2. The molecule has 8 heteroatoms. The standard InChI is InChI=1S/C26H25N3O4S/c1-15(2)16-8-11-22-21(13-16)28-25(33-22)17-6-5-7-18(12-17)27-26(34)29-24(30)20-10-9-19(31-3)14-23(20)32-4/h5-15H,1-4H3,(H2,27,29,30,34). The summed E-state index contributed by atoms with van der Waals surface area (Å²) in [6.45, 7) is 4.29. The molecule has 34 heavy (non-hydrogen) atoms. The third-order valence-electron chi connectivity index (χ3n) is 5.33. The molecule has 0 bridgehead atoms. The lowest BCUT2D eigenvalue weighted by Crippen LogP contribution is -2.34. The molecule has 0 aliphatic carbocycles. The van der Waals surface area contributed by atoms with Crippen molar-refractivity contribution in [3.05, 3.63) is 71.8 Å². The summed E-state index contributed by atoms with van der Waals surface area (Å²) in [4.78, 5) is 17.3. The number of carbonyl (C=O) groups is 1. The Bertz CT molecular complexity index is 1360. The zero-order valence-electron chi connectivity index (χ0n) is 19.3. The number of oxazole rings is 1. The van der Waals surface area contributed by atoms with Gasteiger partial charge in [0.25, 0.3) is 5.91 Å². The van der Waals surface area contributed by atoms with E-state index < -0.39 is 5.91 Å². The molecule has 1 aromatic heterocycles. The fourth-order valence-electron chi connectivity index (χ4n) is 3.48. The summed E-state index contributed by atoms with van der Waals surface area (Å²) < 4.78 is 16.4. The predicted molar refractivity (Wildman–Crippen MR) is 137 cm³/mol. The van der Waals surface area contributed by atoms with E-state index in [9.17, 15) is 4.79 Å². The first-order valence-electron chi connectivity index (χ1n) is 10.7. The Kier molecular flexibility index (Phi) is 6.79. The van der Waals surface area contributed by atoms with Crippen LogP contribution >= 0.6 is 12.2 Å². The number of thiocarbonyl (C=S) groups is 1. The fraction of sp³-hybridized carbons (Fsp3) is 0.192. The van der Waals surface area contributed by atoms with Gasteiger partial charge in [-0.2, -0.15) is 0 Å². The van der Waals surface area contributed by atoms with Crippen LogP contribution < -0.4 is 20.1 Å². The van der Waals surface area contributed by atoms with Crippen LogP contribution in [0.4, 0.5) is 5.69 Å². The minimum atomic E-state index is -0.395. The molecular weight excluding hydrogens is 450 g/mol. The Morgan fingerprint density at radius 1 is 1.03 bits per heavy atom. The fourth-order valence-corrected chi connectivity index (χ4v) is 3.69. The number of benzene rings is 3. The average molecular weight is 476 g/mol. The van der Waals surface area contributed by atoms with Crippen molar-refractivity contribution in [2.24, 2.45) is 0 Å². The molecular formula is C26H25N3O4S. The first kappa shape index (κ1) is 23.3. The maximum atomic E-state index is 12.7. The molecule has 4 aromatic rings. The van der Waals surface area contributed by atoms with Crippen LogP contribution in [0.5, 0.6) is 11.5 Å². The molecule has 0 aliphatic heterocycles. The maximum absolute atomic E-state index is 12.7. The number of ether oxygens (including phenoxy) is 2. The predicted octanol–water partition coefficient (Wildman–Crippen LogP) is 5.76. The smallest absolute Gasteiger partial charge is 0.261 e. The molecule has 1 amide bonds. The Hall–Kier alpha value is -3.91. The second-order valence-electron chi connectivity index (χ2n) is 7.96.